The van der Waals surface area contributed by atoms with Crippen molar-refractivity contribution in [3.63, 3.8) is 0 Å². The van der Waals surface area contributed by atoms with Crippen LogP contribution < -0.4 is 0 Å². The molecule has 0 spiro atoms. The molecule has 1 amide bonds. The van der Waals surface area contributed by atoms with Crippen molar-refractivity contribution < 1.29 is 19.7 Å². The molecule has 1 heterocycles. The van der Waals surface area contributed by atoms with E-state index in [9.17, 15) is 9.90 Å². The maximum Gasteiger partial charge on any atom is 0.410 e. The van der Waals surface area contributed by atoms with Crippen LogP contribution in [0.3, 0.4) is 0 Å². The van der Waals surface area contributed by atoms with Gasteiger partial charge in [0.2, 0.25) is 0 Å². The minimum atomic E-state index is -0.610. The number of piperidine rings is 1. The van der Waals surface area contributed by atoms with Crippen LogP contribution in [0.4, 0.5) is 4.79 Å². The lowest BCUT2D eigenvalue weighted by Gasteiger charge is -2.37. The number of ether oxygens (including phenoxy) is 1. The van der Waals surface area contributed by atoms with E-state index in [1.165, 1.54) is 0 Å². The first kappa shape index (κ1) is 16.8. The van der Waals surface area contributed by atoms with Crippen LogP contribution in [0, 0.1) is 0 Å². The third kappa shape index (κ3) is 4.21. The Labute approximate surface area is 131 Å². The van der Waals surface area contributed by atoms with Gasteiger partial charge in [-0.25, -0.2) is 4.79 Å². The predicted molar refractivity (Wildman–Crippen MR) is 83.5 cm³/mol. The minimum Gasteiger partial charge on any atom is -0.444 e. The van der Waals surface area contributed by atoms with E-state index in [0.29, 0.717) is 13.0 Å². The van der Waals surface area contributed by atoms with E-state index in [4.69, 9.17) is 9.84 Å². The number of carbonyl (C=O) groups excluding carboxylic acids is 1. The Bertz CT molecular complexity index is 506. The highest BCUT2D eigenvalue weighted by molar-refractivity contribution is 5.68. The second-order valence-corrected chi connectivity index (χ2v) is 6.79. The van der Waals surface area contributed by atoms with Crippen LogP contribution in [0.25, 0.3) is 0 Å². The van der Waals surface area contributed by atoms with Crippen LogP contribution in [-0.4, -0.2) is 46.0 Å². The Morgan fingerprint density at radius 3 is 2.45 bits per heavy atom. The van der Waals surface area contributed by atoms with Crippen molar-refractivity contribution in [2.75, 3.05) is 13.1 Å². The molecule has 1 aromatic rings. The normalized spacial score (nSPS) is 22.5. The third-order valence-corrected chi connectivity index (χ3v) is 3.82. The summed E-state index contributed by atoms with van der Waals surface area (Å²) in [7, 11) is 0. The molecule has 2 atom stereocenters. The lowest BCUT2D eigenvalue weighted by Crippen LogP contribution is -2.47. The van der Waals surface area contributed by atoms with E-state index in [2.05, 4.69) is 0 Å². The Kier molecular flexibility index (Phi) is 5.08. The van der Waals surface area contributed by atoms with Crippen molar-refractivity contribution in [1.29, 1.82) is 0 Å². The number of β-amino-alcohol motifs (C(OH)–C–C–N with tert-alkyl or cyclic N) is 1. The van der Waals surface area contributed by atoms with Gasteiger partial charge in [-0.15, -0.1) is 0 Å². The van der Waals surface area contributed by atoms with E-state index in [1.54, 1.807) is 4.90 Å². The van der Waals surface area contributed by atoms with Crippen LogP contribution in [0.2, 0.25) is 0 Å². The molecule has 1 aliphatic rings. The molecule has 1 aliphatic heterocycles. The fourth-order valence-corrected chi connectivity index (χ4v) is 2.68. The second-order valence-electron chi connectivity index (χ2n) is 6.79. The van der Waals surface area contributed by atoms with Crippen LogP contribution >= 0.6 is 0 Å². The molecule has 1 aromatic carbocycles. The van der Waals surface area contributed by atoms with Gasteiger partial charge in [0, 0.05) is 12.5 Å². The third-order valence-electron chi connectivity index (χ3n) is 3.82. The SMILES string of the molecule is CC(C)(C)OC(=O)N1CCC(c2ccc(CO)cc2)C(O)C1. The van der Waals surface area contributed by atoms with Crippen molar-refractivity contribution >= 4 is 6.09 Å². The van der Waals surface area contributed by atoms with Crippen LogP contribution in [0.15, 0.2) is 24.3 Å². The highest BCUT2D eigenvalue weighted by Gasteiger charge is 2.33. The van der Waals surface area contributed by atoms with Crippen molar-refractivity contribution in [3.8, 4) is 0 Å². The maximum absolute atomic E-state index is 12.1. The lowest BCUT2D eigenvalue weighted by atomic mass is 9.87. The van der Waals surface area contributed by atoms with Crippen molar-refractivity contribution in [2.45, 2.75) is 51.4 Å². The first-order valence-corrected chi connectivity index (χ1v) is 7.66. The summed E-state index contributed by atoms with van der Waals surface area (Å²) in [6.45, 7) is 6.35. The standard InChI is InChI=1S/C17H25NO4/c1-17(2,3)22-16(21)18-9-8-14(15(20)10-18)13-6-4-12(11-19)5-7-13/h4-7,14-15,19-20H,8-11H2,1-3H3. The number of rotatable bonds is 2. The molecule has 5 heteroatoms. The molecule has 0 aliphatic carbocycles. The molecule has 2 unspecified atom stereocenters. The molecular weight excluding hydrogens is 282 g/mol. The molecule has 0 saturated carbocycles. The van der Waals surface area contributed by atoms with Gasteiger partial charge in [0.05, 0.1) is 19.3 Å². The van der Waals surface area contributed by atoms with Gasteiger partial charge >= 0.3 is 6.09 Å². The Balaban J connectivity index is 1.98. The number of benzene rings is 1. The summed E-state index contributed by atoms with van der Waals surface area (Å²) in [5.41, 5.74) is 1.36. The second kappa shape index (κ2) is 6.67. The summed E-state index contributed by atoms with van der Waals surface area (Å²) in [4.78, 5) is 13.6. The zero-order valence-corrected chi connectivity index (χ0v) is 13.5. The average molecular weight is 307 g/mol. The molecule has 122 valence electrons. The average Bonchev–Trinajstić information content (AvgIpc) is 2.45. The maximum atomic E-state index is 12.1. The summed E-state index contributed by atoms with van der Waals surface area (Å²) in [6, 6.07) is 7.59. The summed E-state index contributed by atoms with van der Waals surface area (Å²) in [6.07, 6.45) is -0.291. The molecule has 2 rings (SSSR count). The quantitative estimate of drug-likeness (QED) is 0.879. The number of aliphatic hydroxyl groups excluding tert-OH is 2. The van der Waals surface area contributed by atoms with Gasteiger partial charge in [-0.05, 0) is 38.3 Å². The number of aliphatic hydroxyl groups is 2. The predicted octanol–water partition coefficient (Wildman–Crippen LogP) is 2.26. The summed E-state index contributed by atoms with van der Waals surface area (Å²) >= 11 is 0. The molecule has 0 bridgehead atoms. The highest BCUT2D eigenvalue weighted by atomic mass is 16.6. The smallest absolute Gasteiger partial charge is 0.410 e. The highest BCUT2D eigenvalue weighted by Crippen LogP contribution is 2.29. The van der Waals surface area contributed by atoms with Gasteiger partial charge in [0.1, 0.15) is 5.60 Å². The monoisotopic (exact) mass is 307 g/mol. The van der Waals surface area contributed by atoms with Crippen molar-refractivity contribution in [3.05, 3.63) is 35.4 Å². The summed E-state index contributed by atoms with van der Waals surface area (Å²) in [5.74, 6) is 0.00595. The first-order chi connectivity index (χ1) is 10.3. The molecule has 22 heavy (non-hydrogen) atoms. The molecule has 0 aromatic heterocycles. The molecule has 5 nitrogen and oxygen atoms in total. The van der Waals surface area contributed by atoms with E-state index in [-0.39, 0.29) is 25.2 Å². The number of hydrogen-bond acceptors (Lipinski definition) is 4. The number of nitrogens with zero attached hydrogens (tertiary/aromatic N) is 1. The van der Waals surface area contributed by atoms with E-state index in [0.717, 1.165) is 11.1 Å². The molecule has 1 saturated heterocycles. The lowest BCUT2D eigenvalue weighted by molar-refractivity contribution is -0.00152. The number of amides is 1. The van der Waals surface area contributed by atoms with Gasteiger partial charge in [-0.1, -0.05) is 24.3 Å². The minimum absolute atomic E-state index is 0.00595. The number of hydrogen-bond donors (Lipinski definition) is 2. The van der Waals surface area contributed by atoms with Crippen molar-refractivity contribution in [1.82, 2.24) is 4.90 Å². The summed E-state index contributed by atoms with van der Waals surface area (Å²) < 4.78 is 5.34. The number of likely N-dealkylation sites (tertiary alicyclic amines) is 1. The zero-order chi connectivity index (χ0) is 16.3. The van der Waals surface area contributed by atoms with Gasteiger partial charge < -0.3 is 19.8 Å². The largest absolute Gasteiger partial charge is 0.444 e. The first-order valence-electron chi connectivity index (χ1n) is 7.66. The zero-order valence-electron chi connectivity index (χ0n) is 13.5. The number of carbonyl (C=O) groups is 1. The fraction of sp³-hybridized carbons (Fsp3) is 0.588. The Morgan fingerprint density at radius 1 is 1.32 bits per heavy atom. The Morgan fingerprint density at radius 2 is 1.95 bits per heavy atom. The van der Waals surface area contributed by atoms with E-state index < -0.39 is 11.7 Å². The van der Waals surface area contributed by atoms with Gasteiger partial charge in [0.25, 0.3) is 0 Å². The van der Waals surface area contributed by atoms with Crippen LogP contribution in [0.1, 0.15) is 44.2 Å². The van der Waals surface area contributed by atoms with E-state index >= 15 is 0 Å². The molecule has 0 radical (unpaired) electrons. The van der Waals surface area contributed by atoms with Crippen molar-refractivity contribution in [2.24, 2.45) is 0 Å². The summed E-state index contributed by atoms with van der Waals surface area (Å²) in [5, 5.41) is 19.4. The van der Waals surface area contributed by atoms with Crippen LogP contribution in [-0.2, 0) is 11.3 Å². The molecular formula is C17H25NO4. The van der Waals surface area contributed by atoms with Gasteiger partial charge in [0.15, 0.2) is 0 Å². The topological polar surface area (TPSA) is 70.0 Å². The van der Waals surface area contributed by atoms with Gasteiger partial charge in [-0.2, -0.15) is 0 Å². The van der Waals surface area contributed by atoms with Gasteiger partial charge in [-0.3, -0.25) is 0 Å². The van der Waals surface area contributed by atoms with Crippen LogP contribution in [0.5, 0.6) is 0 Å². The molecule has 1 fully saturated rings. The molecule has 2 N–H and O–H groups in total. The Hall–Kier alpha value is -1.59. The van der Waals surface area contributed by atoms with E-state index in [1.807, 2.05) is 45.0 Å². The fourth-order valence-electron chi connectivity index (χ4n) is 2.68.